The minimum absolute atomic E-state index is 0.0468. The van der Waals surface area contributed by atoms with E-state index in [1.165, 1.54) is 19.3 Å². The molecule has 6 nitrogen and oxygen atoms in total. The van der Waals surface area contributed by atoms with Crippen LogP contribution in [0.1, 0.15) is 49.5 Å². The molecule has 30 heavy (non-hydrogen) atoms. The standard InChI is InChI=1S/C23H27BrN4O2/c1-13-7-8-28(23(30)17-9-16(17)14-3-2-4-14)12-20(13)27-22(29)19-6-5-15-10-25-11-18(24)21(15)26-19/h5-6,10-11,13-14,16-17,20H,2-4,7-9,12H2,1H3,(H,27,29)/t13?,16-,17+,20?/m0/s1. The predicted molar refractivity (Wildman–Crippen MR) is 118 cm³/mol. The predicted octanol–water partition coefficient (Wildman–Crippen LogP) is 3.80. The Hall–Kier alpha value is -2.02. The molecular weight excluding hydrogens is 444 g/mol. The number of likely N-dealkylation sites (tertiary alicyclic amines) is 1. The number of fused-ring (bicyclic) bond motifs is 1. The first-order chi connectivity index (χ1) is 14.5. The van der Waals surface area contributed by atoms with Crippen LogP contribution in [0.3, 0.4) is 0 Å². The van der Waals surface area contributed by atoms with Gasteiger partial charge in [0.05, 0.1) is 9.99 Å². The average molecular weight is 471 g/mol. The van der Waals surface area contributed by atoms with Crippen LogP contribution in [-0.4, -0.2) is 45.8 Å². The van der Waals surface area contributed by atoms with E-state index in [1.807, 2.05) is 11.0 Å². The zero-order valence-corrected chi connectivity index (χ0v) is 18.8. The van der Waals surface area contributed by atoms with E-state index in [9.17, 15) is 9.59 Å². The summed E-state index contributed by atoms with van der Waals surface area (Å²) >= 11 is 3.45. The highest BCUT2D eigenvalue weighted by Gasteiger charge is 2.50. The maximum absolute atomic E-state index is 13.0. The summed E-state index contributed by atoms with van der Waals surface area (Å²) in [5.41, 5.74) is 1.11. The quantitative estimate of drug-likeness (QED) is 0.737. The molecule has 0 aromatic carbocycles. The fraction of sp³-hybridized carbons (Fsp3) is 0.565. The molecule has 3 aliphatic rings. The summed E-state index contributed by atoms with van der Waals surface area (Å²) in [7, 11) is 0. The Morgan fingerprint density at radius 1 is 1.20 bits per heavy atom. The van der Waals surface area contributed by atoms with Crippen molar-refractivity contribution in [2.24, 2.45) is 23.7 Å². The number of nitrogens with zero attached hydrogens (tertiary/aromatic N) is 3. The molecule has 3 fully saturated rings. The summed E-state index contributed by atoms with van der Waals surface area (Å²) < 4.78 is 0.767. The number of hydrogen-bond acceptors (Lipinski definition) is 4. The van der Waals surface area contributed by atoms with Gasteiger partial charge in [-0.3, -0.25) is 14.6 Å². The largest absolute Gasteiger partial charge is 0.346 e. The first-order valence-corrected chi connectivity index (χ1v) is 11.8. The Balaban J connectivity index is 1.25. The van der Waals surface area contributed by atoms with Crippen molar-refractivity contribution in [2.45, 2.75) is 45.1 Å². The molecule has 0 bridgehead atoms. The van der Waals surface area contributed by atoms with Crippen molar-refractivity contribution < 1.29 is 9.59 Å². The van der Waals surface area contributed by atoms with Crippen LogP contribution in [0.2, 0.25) is 0 Å². The number of carbonyl (C=O) groups is 2. The zero-order chi connectivity index (χ0) is 20.8. The Bertz CT molecular complexity index is 992. The molecule has 7 heteroatoms. The molecule has 2 saturated carbocycles. The maximum Gasteiger partial charge on any atom is 0.270 e. The molecule has 4 atom stereocenters. The van der Waals surface area contributed by atoms with E-state index in [0.29, 0.717) is 30.0 Å². The monoisotopic (exact) mass is 470 g/mol. The lowest BCUT2D eigenvalue weighted by atomic mass is 9.81. The summed E-state index contributed by atoms with van der Waals surface area (Å²) in [4.78, 5) is 36.6. The Morgan fingerprint density at radius 2 is 2.03 bits per heavy atom. The van der Waals surface area contributed by atoms with E-state index in [-0.39, 0.29) is 17.9 Å². The third-order valence-corrected chi connectivity index (χ3v) is 7.87. The van der Waals surface area contributed by atoms with Crippen molar-refractivity contribution in [3.63, 3.8) is 0 Å². The number of rotatable bonds is 4. The minimum Gasteiger partial charge on any atom is -0.346 e. The fourth-order valence-electron chi connectivity index (χ4n) is 4.96. The molecule has 2 aliphatic carbocycles. The van der Waals surface area contributed by atoms with E-state index < -0.39 is 0 Å². The number of pyridine rings is 2. The molecule has 1 saturated heterocycles. The van der Waals surface area contributed by atoms with Crippen molar-refractivity contribution in [1.82, 2.24) is 20.2 Å². The average Bonchev–Trinajstić information content (AvgIpc) is 3.48. The number of aromatic nitrogens is 2. The van der Waals surface area contributed by atoms with Crippen molar-refractivity contribution >= 4 is 38.6 Å². The van der Waals surface area contributed by atoms with Crippen LogP contribution in [0.25, 0.3) is 10.9 Å². The summed E-state index contributed by atoms with van der Waals surface area (Å²) in [6, 6.07) is 3.55. The van der Waals surface area contributed by atoms with Crippen LogP contribution >= 0.6 is 15.9 Å². The summed E-state index contributed by atoms with van der Waals surface area (Å²) in [6.07, 6.45) is 9.32. The normalized spacial score (nSPS) is 28.8. The van der Waals surface area contributed by atoms with Crippen LogP contribution in [-0.2, 0) is 4.79 Å². The van der Waals surface area contributed by atoms with Gasteiger partial charge in [-0.1, -0.05) is 26.2 Å². The Labute approximate surface area is 185 Å². The molecular formula is C23H27BrN4O2. The van der Waals surface area contributed by atoms with Gasteiger partial charge in [0.1, 0.15) is 5.69 Å². The third-order valence-electron chi connectivity index (χ3n) is 7.29. The lowest BCUT2D eigenvalue weighted by Crippen LogP contribution is -2.54. The van der Waals surface area contributed by atoms with Crippen molar-refractivity contribution in [3.8, 4) is 0 Å². The second-order valence-electron chi connectivity index (χ2n) is 9.22. The van der Waals surface area contributed by atoms with Gasteiger partial charge in [0.25, 0.3) is 5.91 Å². The molecule has 1 aliphatic heterocycles. The zero-order valence-electron chi connectivity index (χ0n) is 17.2. The number of nitrogens with one attached hydrogen (secondary N) is 1. The van der Waals surface area contributed by atoms with Crippen LogP contribution in [0.5, 0.6) is 0 Å². The molecule has 5 rings (SSSR count). The first kappa shape index (κ1) is 19.9. The van der Waals surface area contributed by atoms with Gasteiger partial charge in [0.15, 0.2) is 0 Å². The smallest absolute Gasteiger partial charge is 0.270 e. The van der Waals surface area contributed by atoms with E-state index in [4.69, 9.17) is 0 Å². The molecule has 2 aromatic heterocycles. The van der Waals surface area contributed by atoms with Crippen molar-refractivity contribution in [1.29, 1.82) is 0 Å². The van der Waals surface area contributed by atoms with Crippen LogP contribution in [0.4, 0.5) is 0 Å². The lowest BCUT2D eigenvalue weighted by Gasteiger charge is -2.38. The molecule has 1 N–H and O–H groups in total. The molecule has 2 amide bonds. The molecule has 0 spiro atoms. The highest BCUT2D eigenvalue weighted by Crippen LogP contribution is 2.52. The number of carbonyl (C=O) groups excluding carboxylic acids is 2. The lowest BCUT2D eigenvalue weighted by molar-refractivity contribution is -0.135. The molecule has 2 aromatic rings. The fourth-order valence-corrected chi connectivity index (χ4v) is 5.39. The molecule has 2 unspecified atom stereocenters. The van der Waals surface area contributed by atoms with Crippen LogP contribution < -0.4 is 5.32 Å². The minimum atomic E-state index is -0.189. The van der Waals surface area contributed by atoms with E-state index >= 15 is 0 Å². The number of hydrogen-bond donors (Lipinski definition) is 1. The Morgan fingerprint density at radius 3 is 2.80 bits per heavy atom. The number of amides is 2. The first-order valence-electron chi connectivity index (χ1n) is 11.0. The summed E-state index contributed by atoms with van der Waals surface area (Å²) in [5, 5.41) is 4.03. The van der Waals surface area contributed by atoms with Gasteiger partial charge in [-0.25, -0.2) is 4.98 Å². The van der Waals surface area contributed by atoms with Crippen molar-refractivity contribution in [3.05, 3.63) is 34.7 Å². The van der Waals surface area contributed by atoms with Crippen LogP contribution in [0.15, 0.2) is 29.0 Å². The van der Waals surface area contributed by atoms with Gasteiger partial charge in [0, 0.05) is 42.8 Å². The maximum atomic E-state index is 13.0. The highest BCUT2D eigenvalue weighted by atomic mass is 79.9. The van der Waals surface area contributed by atoms with Gasteiger partial charge in [-0.15, -0.1) is 0 Å². The van der Waals surface area contributed by atoms with Crippen LogP contribution in [0, 0.1) is 23.7 Å². The third kappa shape index (κ3) is 3.72. The van der Waals surface area contributed by atoms with Gasteiger partial charge >= 0.3 is 0 Å². The van der Waals surface area contributed by atoms with E-state index in [2.05, 4.69) is 38.1 Å². The van der Waals surface area contributed by atoms with Crippen molar-refractivity contribution in [2.75, 3.05) is 13.1 Å². The SMILES string of the molecule is CC1CCN(C(=O)[C@@H]2C[C@H]2C2CCC2)CC1NC(=O)c1ccc2cncc(Br)c2n1. The number of piperidine rings is 1. The second-order valence-corrected chi connectivity index (χ2v) is 10.1. The summed E-state index contributed by atoms with van der Waals surface area (Å²) in [6.45, 7) is 3.55. The van der Waals surface area contributed by atoms with Gasteiger partial charge in [0.2, 0.25) is 5.91 Å². The molecule has 158 valence electrons. The number of halogens is 1. The van der Waals surface area contributed by atoms with E-state index in [1.54, 1.807) is 18.5 Å². The second kappa shape index (κ2) is 7.91. The van der Waals surface area contributed by atoms with E-state index in [0.717, 1.165) is 40.7 Å². The van der Waals surface area contributed by atoms with Gasteiger partial charge in [-0.2, -0.15) is 0 Å². The van der Waals surface area contributed by atoms with Gasteiger partial charge < -0.3 is 10.2 Å². The van der Waals surface area contributed by atoms with Gasteiger partial charge in [-0.05, 0) is 58.7 Å². The Kier molecular flexibility index (Phi) is 5.25. The molecule has 3 heterocycles. The summed E-state index contributed by atoms with van der Waals surface area (Å²) in [5.74, 6) is 2.08. The molecule has 0 radical (unpaired) electrons. The highest BCUT2D eigenvalue weighted by molar-refractivity contribution is 9.10. The topological polar surface area (TPSA) is 75.2 Å².